The second-order valence-corrected chi connectivity index (χ2v) is 8.76. The number of fused-ring (bicyclic) bond motifs is 5. The third-order valence-corrected chi connectivity index (χ3v) is 6.70. The lowest BCUT2D eigenvalue weighted by Gasteiger charge is -2.16. The Bertz CT molecular complexity index is 1490. The number of sulfonamides is 1. The Balaban J connectivity index is 1.72. The van der Waals surface area contributed by atoms with E-state index in [0.29, 0.717) is 33.2 Å². The molecule has 0 unspecified atom stereocenters. The van der Waals surface area contributed by atoms with E-state index in [9.17, 15) is 18.0 Å². The highest BCUT2D eigenvalue weighted by Crippen LogP contribution is 2.38. The summed E-state index contributed by atoms with van der Waals surface area (Å²) in [5, 5.41) is 0.942. The zero-order chi connectivity index (χ0) is 20.9. The molecule has 148 valence electrons. The first-order valence-corrected chi connectivity index (χ1v) is 10.8. The molecule has 0 bridgehead atoms. The number of rotatable bonds is 4. The summed E-state index contributed by atoms with van der Waals surface area (Å²) < 4.78 is 29.2. The Labute approximate surface area is 172 Å². The van der Waals surface area contributed by atoms with Crippen molar-refractivity contribution in [1.82, 2.24) is 9.29 Å². The number of aromatic nitrogens is 1. The summed E-state index contributed by atoms with van der Waals surface area (Å²) in [4.78, 5) is 26.5. The van der Waals surface area contributed by atoms with Crippen LogP contribution in [0.5, 0.6) is 0 Å². The van der Waals surface area contributed by atoms with Crippen molar-refractivity contribution in [3.63, 3.8) is 0 Å². The van der Waals surface area contributed by atoms with E-state index in [1.165, 1.54) is 16.7 Å². The van der Waals surface area contributed by atoms with E-state index in [0.717, 1.165) is 0 Å². The summed E-state index contributed by atoms with van der Waals surface area (Å²) in [5.74, 6) is -0.170. The quantitative estimate of drug-likeness (QED) is 0.488. The number of carbonyl (C=O) groups excluding carboxylic acids is 1. The Hall–Kier alpha value is -3.55. The van der Waals surface area contributed by atoms with E-state index in [2.05, 4.69) is 4.72 Å². The van der Waals surface area contributed by atoms with Crippen LogP contribution < -0.4 is 10.3 Å². The van der Waals surface area contributed by atoms with Crippen molar-refractivity contribution in [2.24, 2.45) is 0 Å². The Morgan fingerprint density at radius 3 is 2.07 bits per heavy atom. The molecular formula is C23H16N2O4S. The first-order valence-electron chi connectivity index (χ1n) is 9.33. The molecule has 7 heteroatoms. The van der Waals surface area contributed by atoms with Crippen molar-refractivity contribution in [2.75, 3.05) is 0 Å². The SMILES string of the molecule is O=C1c2ccccc2-c2c1c1ccccc1c(=O)n2CNS(=O)(=O)c1ccccc1. The molecule has 0 saturated carbocycles. The predicted molar refractivity (Wildman–Crippen MR) is 114 cm³/mol. The monoisotopic (exact) mass is 416 g/mol. The fraction of sp³-hybridized carbons (Fsp3) is 0.0435. The van der Waals surface area contributed by atoms with E-state index in [1.807, 2.05) is 0 Å². The minimum Gasteiger partial charge on any atom is -0.293 e. The lowest BCUT2D eigenvalue weighted by atomic mass is 10.0. The average molecular weight is 416 g/mol. The second kappa shape index (κ2) is 6.76. The largest absolute Gasteiger partial charge is 0.293 e. The van der Waals surface area contributed by atoms with Gasteiger partial charge in [-0.1, -0.05) is 60.7 Å². The van der Waals surface area contributed by atoms with Gasteiger partial charge in [-0.2, -0.15) is 4.72 Å². The molecule has 1 aliphatic carbocycles. The smallest absolute Gasteiger partial charge is 0.260 e. The molecule has 0 fully saturated rings. The molecule has 4 aromatic rings. The minimum absolute atomic E-state index is 0.104. The maximum absolute atomic E-state index is 13.3. The van der Waals surface area contributed by atoms with E-state index in [-0.39, 0.29) is 22.9 Å². The standard InChI is InChI=1S/C23H16N2O4S/c26-22-18-12-6-5-11-17(18)21-20(22)16-10-4-7-13-19(16)23(27)25(21)14-24-30(28,29)15-8-2-1-3-9-15/h1-13,24H,14H2. The molecule has 1 heterocycles. The van der Waals surface area contributed by atoms with Gasteiger partial charge in [-0.15, -0.1) is 0 Å². The minimum atomic E-state index is -3.83. The first-order chi connectivity index (χ1) is 14.5. The van der Waals surface area contributed by atoms with E-state index >= 15 is 0 Å². The molecule has 6 nitrogen and oxygen atoms in total. The van der Waals surface area contributed by atoms with Gasteiger partial charge >= 0.3 is 0 Å². The molecule has 1 N–H and O–H groups in total. The number of nitrogens with one attached hydrogen (secondary N) is 1. The van der Waals surface area contributed by atoms with Crippen LogP contribution in [-0.2, 0) is 16.7 Å². The van der Waals surface area contributed by atoms with Gasteiger partial charge in [0.1, 0.15) is 0 Å². The number of pyridine rings is 1. The van der Waals surface area contributed by atoms with Crippen molar-refractivity contribution in [3.8, 4) is 11.3 Å². The molecule has 1 aromatic heterocycles. The molecule has 0 saturated heterocycles. The van der Waals surface area contributed by atoms with Crippen LogP contribution in [0.4, 0.5) is 0 Å². The molecule has 1 aliphatic rings. The highest BCUT2D eigenvalue weighted by atomic mass is 32.2. The van der Waals surface area contributed by atoms with Crippen molar-refractivity contribution in [2.45, 2.75) is 11.6 Å². The van der Waals surface area contributed by atoms with E-state index in [1.54, 1.807) is 66.7 Å². The number of benzene rings is 3. The van der Waals surface area contributed by atoms with Crippen LogP contribution in [0.15, 0.2) is 88.6 Å². The normalized spacial score (nSPS) is 12.7. The molecule has 0 spiro atoms. The third-order valence-electron chi connectivity index (χ3n) is 5.30. The fourth-order valence-corrected chi connectivity index (χ4v) is 4.89. The Kier molecular flexibility index (Phi) is 4.16. The average Bonchev–Trinajstić information content (AvgIpc) is 3.07. The highest BCUT2D eigenvalue weighted by molar-refractivity contribution is 7.89. The van der Waals surface area contributed by atoms with Crippen molar-refractivity contribution < 1.29 is 13.2 Å². The van der Waals surface area contributed by atoms with Gasteiger partial charge in [0.2, 0.25) is 10.0 Å². The summed E-state index contributed by atoms with van der Waals surface area (Å²) in [6, 6.07) is 21.9. The summed E-state index contributed by atoms with van der Waals surface area (Å²) >= 11 is 0. The number of hydrogen-bond acceptors (Lipinski definition) is 4. The van der Waals surface area contributed by atoms with E-state index in [4.69, 9.17) is 0 Å². The molecule has 0 aliphatic heterocycles. The zero-order valence-corrected chi connectivity index (χ0v) is 16.5. The Morgan fingerprint density at radius 2 is 1.33 bits per heavy atom. The number of ketones is 1. The summed E-state index contributed by atoms with van der Waals surface area (Å²) in [7, 11) is -3.83. The van der Waals surface area contributed by atoms with Crippen molar-refractivity contribution >= 4 is 26.6 Å². The molecular weight excluding hydrogens is 400 g/mol. The molecule has 0 atom stereocenters. The molecule has 0 radical (unpaired) electrons. The van der Waals surface area contributed by atoms with Crippen LogP contribution in [0.1, 0.15) is 15.9 Å². The van der Waals surface area contributed by atoms with Gasteiger partial charge in [0.25, 0.3) is 5.56 Å². The van der Waals surface area contributed by atoms with Gasteiger partial charge in [0.05, 0.1) is 22.8 Å². The fourth-order valence-electron chi connectivity index (χ4n) is 3.91. The Morgan fingerprint density at radius 1 is 0.733 bits per heavy atom. The van der Waals surface area contributed by atoms with Crippen LogP contribution in [0.25, 0.3) is 22.0 Å². The second-order valence-electron chi connectivity index (χ2n) is 7.00. The molecule has 0 amide bonds. The third kappa shape index (κ3) is 2.71. The van der Waals surface area contributed by atoms with Crippen molar-refractivity contribution in [3.05, 3.63) is 100 Å². The molecule has 3 aromatic carbocycles. The van der Waals surface area contributed by atoms with Crippen molar-refractivity contribution in [1.29, 1.82) is 0 Å². The lowest BCUT2D eigenvalue weighted by molar-refractivity contribution is 0.104. The van der Waals surface area contributed by atoms with Crippen LogP contribution >= 0.6 is 0 Å². The van der Waals surface area contributed by atoms with Gasteiger partial charge in [0.15, 0.2) is 5.78 Å². The van der Waals surface area contributed by atoms with Gasteiger partial charge in [-0.05, 0) is 18.2 Å². The summed E-state index contributed by atoms with van der Waals surface area (Å²) in [5.41, 5.74) is 1.63. The van der Waals surface area contributed by atoms with Crippen LogP contribution in [0.2, 0.25) is 0 Å². The molecule has 5 rings (SSSR count). The topological polar surface area (TPSA) is 85.2 Å². The van der Waals surface area contributed by atoms with Gasteiger partial charge in [-0.3, -0.25) is 14.2 Å². The summed E-state index contributed by atoms with van der Waals surface area (Å²) in [6.45, 7) is -0.287. The summed E-state index contributed by atoms with van der Waals surface area (Å²) in [6.07, 6.45) is 0. The maximum atomic E-state index is 13.3. The lowest BCUT2D eigenvalue weighted by Crippen LogP contribution is -2.33. The maximum Gasteiger partial charge on any atom is 0.260 e. The predicted octanol–water partition coefficient (Wildman–Crippen LogP) is 3.15. The molecule has 30 heavy (non-hydrogen) atoms. The number of hydrogen-bond donors (Lipinski definition) is 1. The van der Waals surface area contributed by atoms with Crippen LogP contribution in [0.3, 0.4) is 0 Å². The van der Waals surface area contributed by atoms with Gasteiger partial charge < -0.3 is 0 Å². The first kappa shape index (κ1) is 18.5. The highest BCUT2D eigenvalue weighted by Gasteiger charge is 2.32. The number of carbonyl (C=O) groups is 1. The van der Waals surface area contributed by atoms with Gasteiger partial charge in [-0.25, -0.2) is 8.42 Å². The van der Waals surface area contributed by atoms with E-state index < -0.39 is 10.0 Å². The zero-order valence-electron chi connectivity index (χ0n) is 15.7. The van der Waals surface area contributed by atoms with Gasteiger partial charge in [0, 0.05) is 21.9 Å². The number of nitrogens with zero attached hydrogens (tertiary/aromatic N) is 1. The van der Waals surface area contributed by atoms with Crippen LogP contribution in [-0.4, -0.2) is 18.8 Å². The van der Waals surface area contributed by atoms with Crippen LogP contribution in [0, 0.1) is 0 Å².